The number of carbonyl (C=O) groups is 4. The highest BCUT2D eigenvalue weighted by Crippen LogP contribution is 2.45. The lowest BCUT2D eigenvalue weighted by Gasteiger charge is -2.21. The van der Waals surface area contributed by atoms with E-state index in [4.69, 9.17) is 37.0 Å². The number of hydrogen-bond acceptors (Lipinski definition) is 15. The Bertz CT molecular complexity index is 1810. The molecule has 0 radical (unpaired) electrons. The molecule has 0 aromatic heterocycles. The van der Waals surface area contributed by atoms with Gasteiger partial charge in [-0.05, 0) is 31.6 Å². The van der Waals surface area contributed by atoms with Gasteiger partial charge in [-0.25, -0.2) is 9.13 Å². The summed E-state index contributed by atoms with van der Waals surface area (Å²) in [4.78, 5) is 72.7. The molecule has 0 spiro atoms. The minimum Gasteiger partial charge on any atom is -0.462 e. The second-order valence-electron chi connectivity index (χ2n) is 27.3. The number of unbranched alkanes of at least 4 members (excludes halogenated alkanes) is 46. The molecular formula is C75H146O17P2. The Morgan fingerprint density at radius 2 is 0.511 bits per heavy atom. The number of rotatable bonds is 75. The second-order valence-corrected chi connectivity index (χ2v) is 30.2. The molecule has 0 saturated heterocycles. The van der Waals surface area contributed by atoms with Gasteiger partial charge in [0.25, 0.3) is 0 Å². The first kappa shape index (κ1) is 92.1. The summed E-state index contributed by atoms with van der Waals surface area (Å²) >= 11 is 0. The fraction of sp³-hybridized carbons (Fsp3) is 0.947. The van der Waals surface area contributed by atoms with Gasteiger partial charge in [0.15, 0.2) is 12.2 Å². The summed E-state index contributed by atoms with van der Waals surface area (Å²) in [6, 6.07) is 0. The van der Waals surface area contributed by atoms with Crippen LogP contribution in [0.1, 0.15) is 394 Å². The smallest absolute Gasteiger partial charge is 0.462 e. The molecule has 0 rings (SSSR count). The zero-order valence-electron chi connectivity index (χ0n) is 61.1. The molecule has 0 bridgehead atoms. The molecule has 0 fully saturated rings. The summed E-state index contributed by atoms with van der Waals surface area (Å²) in [6.07, 6.45) is 57.0. The van der Waals surface area contributed by atoms with E-state index in [9.17, 15) is 43.2 Å². The van der Waals surface area contributed by atoms with E-state index in [1.165, 1.54) is 218 Å². The lowest BCUT2D eigenvalue weighted by Crippen LogP contribution is -2.30. The van der Waals surface area contributed by atoms with Crippen molar-refractivity contribution < 1.29 is 80.2 Å². The number of phosphoric acid groups is 2. The van der Waals surface area contributed by atoms with Crippen LogP contribution >= 0.6 is 15.6 Å². The maximum Gasteiger partial charge on any atom is 0.472 e. The molecule has 0 saturated carbocycles. The van der Waals surface area contributed by atoms with Gasteiger partial charge < -0.3 is 33.8 Å². The van der Waals surface area contributed by atoms with Gasteiger partial charge in [-0.2, -0.15) is 0 Å². The molecule has 0 aliphatic carbocycles. The van der Waals surface area contributed by atoms with Crippen molar-refractivity contribution in [2.45, 2.75) is 412 Å². The lowest BCUT2D eigenvalue weighted by molar-refractivity contribution is -0.161. The molecule has 558 valence electrons. The molecule has 19 heteroatoms. The van der Waals surface area contributed by atoms with Crippen LogP contribution in [-0.2, 0) is 65.4 Å². The Kier molecular flexibility index (Phi) is 66.8. The van der Waals surface area contributed by atoms with Gasteiger partial charge in [0.05, 0.1) is 26.4 Å². The third kappa shape index (κ3) is 67.3. The fourth-order valence-corrected chi connectivity index (χ4v) is 13.1. The summed E-state index contributed by atoms with van der Waals surface area (Å²) in [6.45, 7) is 7.22. The van der Waals surface area contributed by atoms with E-state index in [-0.39, 0.29) is 25.7 Å². The summed E-state index contributed by atoms with van der Waals surface area (Å²) in [5.41, 5.74) is 0. The predicted octanol–water partition coefficient (Wildman–Crippen LogP) is 22.1. The number of aliphatic hydroxyl groups excluding tert-OH is 1. The number of hydrogen-bond donors (Lipinski definition) is 3. The van der Waals surface area contributed by atoms with Gasteiger partial charge in [-0.1, -0.05) is 343 Å². The van der Waals surface area contributed by atoms with E-state index in [1.807, 2.05) is 0 Å². The first-order valence-electron chi connectivity index (χ1n) is 39.2. The molecular weight excluding hydrogens is 1230 g/mol. The molecule has 6 atom stereocenters. The Labute approximate surface area is 575 Å². The minimum atomic E-state index is -4.96. The number of aliphatic hydroxyl groups is 1. The number of phosphoric ester groups is 2. The quantitative estimate of drug-likeness (QED) is 0.0222. The van der Waals surface area contributed by atoms with Crippen LogP contribution in [0.5, 0.6) is 0 Å². The molecule has 0 aromatic carbocycles. The topological polar surface area (TPSA) is 237 Å². The van der Waals surface area contributed by atoms with E-state index in [1.54, 1.807) is 0 Å². The second kappa shape index (κ2) is 68.2. The molecule has 94 heavy (non-hydrogen) atoms. The van der Waals surface area contributed by atoms with Crippen molar-refractivity contribution in [2.24, 2.45) is 5.92 Å². The van der Waals surface area contributed by atoms with Crippen LogP contribution in [-0.4, -0.2) is 96.7 Å². The average Bonchev–Trinajstić information content (AvgIpc) is 1.27. The zero-order valence-corrected chi connectivity index (χ0v) is 62.9. The van der Waals surface area contributed by atoms with Crippen molar-refractivity contribution in [3.05, 3.63) is 0 Å². The number of ether oxygens (including phenoxy) is 4. The van der Waals surface area contributed by atoms with E-state index < -0.39 is 97.5 Å². The van der Waals surface area contributed by atoms with E-state index >= 15 is 0 Å². The highest BCUT2D eigenvalue weighted by molar-refractivity contribution is 7.47. The standard InChI is InChI=1S/C75H146O17P2/c1-6-10-13-16-19-22-24-26-28-29-30-31-32-34-36-38-41-44-50-55-60-74(79)91-70(64-86-73(78)59-54-49-43-40-37-35-33-27-25-23-20-17-14-11-7-2)66-89-93(81,82)87-62-69(76)63-88-94(83,84)90-67-71(65-85-72(77)58-53-48-42-39-21-18-15-12-8-3)92-75(80)61-56-51-46-45-47-52-57-68(5)9-4/h68-71,76H,6-67H2,1-5H3,(H,81,82)(H,83,84)/t68?,69-,70-,71-/m1/s1. The minimum absolute atomic E-state index is 0.103. The molecule has 0 heterocycles. The third-order valence-corrected chi connectivity index (χ3v) is 19.8. The van der Waals surface area contributed by atoms with Gasteiger partial charge in [-0.15, -0.1) is 0 Å². The Morgan fingerprint density at radius 3 is 0.755 bits per heavy atom. The Morgan fingerprint density at radius 1 is 0.298 bits per heavy atom. The monoisotopic (exact) mass is 1380 g/mol. The molecule has 3 N–H and O–H groups in total. The van der Waals surface area contributed by atoms with Crippen LogP contribution in [0, 0.1) is 5.92 Å². The number of carbonyl (C=O) groups excluding carboxylic acids is 4. The molecule has 0 aliphatic rings. The molecule has 0 aromatic rings. The van der Waals surface area contributed by atoms with Crippen LogP contribution in [0.4, 0.5) is 0 Å². The molecule has 17 nitrogen and oxygen atoms in total. The molecule has 3 unspecified atom stereocenters. The summed E-state index contributed by atoms with van der Waals surface area (Å²) in [5.74, 6) is -1.40. The first-order chi connectivity index (χ1) is 45.6. The lowest BCUT2D eigenvalue weighted by atomic mass is 10.00. The van der Waals surface area contributed by atoms with Crippen molar-refractivity contribution in [1.29, 1.82) is 0 Å². The van der Waals surface area contributed by atoms with Crippen LogP contribution in [0.2, 0.25) is 0 Å². The van der Waals surface area contributed by atoms with Gasteiger partial charge >= 0.3 is 39.5 Å². The van der Waals surface area contributed by atoms with Crippen molar-refractivity contribution in [3.63, 3.8) is 0 Å². The van der Waals surface area contributed by atoms with E-state index in [0.717, 1.165) is 95.8 Å². The van der Waals surface area contributed by atoms with Crippen LogP contribution in [0.3, 0.4) is 0 Å². The van der Waals surface area contributed by atoms with Crippen LogP contribution in [0.25, 0.3) is 0 Å². The zero-order chi connectivity index (χ0) is 69.1. The highest BCUT2D eigenvalue weighted by atomic mass is 31.2. The summed E-state index contributed by atoms with van der Waals surface area (Å²) in [5, 5.41) is 10.6. The number of esters is 4. The van der Waals surface area contributed by atoms with Gasteiger partial charge in [-0.3, -0.25) is 37.3 Å². The van der Waals surface area contributed by atoms with Gasteiger partial charge in [0.2, 0.25) is 0 Å². The van der Waals surface area contributed by atoms with Crippen molar-refractivity contribution in [1.82, 2.24) is 0 Å². The Hall–Kier alpha value is -1.94. The van der Waals surface area contributed by atoms with Crippen molar-refractivity contribution >= 4 is 39.5 Å². The van der Waals surface area contributed by atoms with E-state index in [0.29, 0.717) is 25.7 Å². The van der Waals surface area contributed by atoms with Crippen LogP contribution in [0.15, 0.2) is 0 Å². The highest BCUT2D eigenvalue weighted by Gasteiger charge is 2.30. The molecule has 0 aliphatic heterocycles. The maximum atomic E-state index is 13.1. The predicted molar refractivity (Wildman–Crippen MR) is 382 cm³/mol. The van der Waals surface area contributed by atoms with Crippen LogP contribution < -0.4 is 0 Å². The van der Waals surface area contributed by atoms with Crippen molar-refractivity contribution in [3.8, 4) is 0 Å². The molecule has 0 amide bonds. The normalized spacial score (nSPS) is 14.3. The largest absolute Gasteiger partial charge is 0.472 e. The van der Waals surface area contributed by atoms with Gasteiger partial charge in [0.1, 0.15) is 19.3 Å². The average molecular weight is 1380 g/mol. The Balaban J connectivity index is 5.19. The van der Waals surface area contributed by atoms with Crippen molar-refractivity contribution in [2.75, 3.05) is 39.6 Å². The summed E-state index contributed by atoms with van der Waals surface area (Å²) in [7, 11) is -9.90. The van der Waals surface area contributed by atoms with Gasteiger partial charge in [0, 0.05) is 25.7 Å². The fourth-order valence-electron chi connectivity index (χ4n) is 11.5. The first-order valence-corrected chi connectivity index (χ1v) is 42.2. The maximum absolute atomic E-state index is 13.1. The van der Waals surface area contributed by atoms with E-state index in [2.05, 4.69) is 34.6 Å². The summed E-state index contributed by atoms with van der Waals surface area (Å²) < 4.78 is 68.4. The third-order valence-electron chi connectivity index (χ3n) is 17.9. The SMILES string of the molecule is CCCCCCCCCCCCCCCCCCCCCCC(=O)O[C@H](COC(=O)CCCCCCCCCCCCCCCCC)COP(=O)(O)OC[C@@H](O)COP(=O)(O)OC[C@@H](COC(=O)CCCCCCCCCCC)OC(=O)CCCCCCCCC(C)CC.